The van der Waals surface area contributed by atoms with Gasteiger partial charge in [-0.25, -0.2) is 10.1 Å². The van der Waals surface area contributed by atoms with E-state index in [1.54, 1.807) is 20.2 Å². The fourth-order valence-corrected chi connectivity index (χ4v) is 5.05. The number of nitrogens with zero attached hydrogens (tertiary/aromatic N) is 5. The first-order chi connectivity index (χ1) is 16.5. The van der Waals surface area contributed by atoms with Gasteiger partial charge in [-0.05, 0) is 19.8 Å². The molecule has 182 valence electrons. The Hall–Kier alpha value is -3.01. The van der Waals surface area contributed by atoms with Crippen LogP contribution in [0.3, 0.4) is 0 Å². The Morgan fingerprint density at radius 3 is 2.74 bits per heavy atom. The van der Waals surface area contributed by atoms with E-state index in [9.17, 15) is 9.59 Å². The number of carbonyl (C=O) groups excluding carboxylic acids is 1. The quantitative estimate of drug-likeness (QED) is 0.550. The van der Waals surface area contributed by atoms with Crippen LogP contribution in [0.15, 0.2) is 17.2 Å². The number of thiazole rings is 1. The van der Waals surface area contributed by atoms with E-state index in [1.807, 2.05) is 4.90 Å². The molecule has 2 atom stereocenters. The van der Waals surface area contributed by atoms with E-state index in [0.717, 1.165) is 31.1 Å². The summed E-state index contributed by atoms with van der Waals surface area (Å²) >= 11 is 1.40. The van der Waals surface area contributed by atoms with Gasteiger partial charge in [0.15, 0.2) is 5.13 Å². The number of hydrogen-bond donors (Lipinski definition) is 1. The third-order valence-electron chi connectivity index (χ3n) is 6.16. The number of methoxy groups -OCH3 is 1. The van der Waals surface area contributed by atoms with Crippen molar-refractivity contribution >= 4 is 22.4 Å². The standard InChI is InChI=1S/C22H28N6O5S/c1-14-19(11-25-26-20(14)29)33-16(12-31-2)13-32-18-5-8-28(21(18)30)15-3-6-27(7-4-15)22-24-10-17(9-23)34-22/h10-11,15-16,18H,3-8,12-13H2,1-2H3,(H,26,29)/t16-,18+/m0/s1. The van der Waals surface area contributed by atoms with Gasteiger partial charge in [-0.1, -0.05) is 11.3 Å². The van der Waals surface area contributed by atoms with Crippen molar-refractivity contribution in [3.05, 3.63) is 33.2 Å². The third kappa shape index (κ3) is 5.38. The molecule has 4 rings (SSSR count). The van der Waals surface area contributed by atoms with E-state index in [-0.39, 0.29) is 30.7 Å². The molecule has 0 saturated carbocycles. The Morgan fingerprint density at radius 1 is 1.24 bits per heavy atom. The number of H-pyrrole nitrogens is 1. The van der Waals surface area contributed by atoms with Crippen LogP contribution in [0.25, 0.3) is 0 Å². The molecule has 12 heteroatoms. The Kier molecular flexibility index (Phi) is 7.77. The third-order valence-corrected chi connectivity index (χ3v) is 7.12. The lowest BCUT2D eigenvalue weighted by Crippen LogP contribution is -2.47. The average molecular weight is 489 g/mol. The summed E-state index contributed by atoms with van der Waals surface area (Å²) in [7, 11) is 1.56. The molecule has 1 amide bonds. The van der Waals surface area contributed by atoms with Crippen LogP contribution >= 0.6 is 11.3 Å². The molecule has 2 saturated heterocycles. The molecule has 2 aliphatic heterocycles. The number of anilines is 1. The van der Waals surface area contributed by atoms with Crippen LogP contribution in [0.4, 0.5) is 5.13 Å². The van der Waals surface area contributed by atoms with Crippen molar-refractivity contribution in [2.75, 3.05) is 44.9 Å². The predicted octanol–water partition coefficient (Wildman–Crippen LogP) is 1.09. The van der Waals surface area contributed by atoms with Crippen LogP contribution in [0.2, 0.25) is 0 Å². The highest BCUT2D eigenvalue weighted by atomic mass is 32.1. The second-order valence-electron chi connectivity index (χ2n) is 8.36. The number of hydrogen-bond acceptors (Lipinski definition) is 10. The topological polar surface area (TPSA) is 134 Å². The molecule has 0 spiro atoms. The second-order valence-corrected chi connectivity index (χ2v) is 9.37. The molecule has 0 aromatic carbocycles. The SMILES string of the molecule is COC[C@@H](CO[C@@H]1CCN(C2CCN(c3ncc(C#N)s3)CC2)C1=O)Oc1cn[nH]c(=O)c1C. The molecule has 0 unspecified atom stereocenters. The van der Waals surface area contributed by atoms with E-state index in [0.29, 0.717) is 29.2 Å². The number of rotatable bonds is 9. The molecular weight excluding hydrogens is 460 g/mol. The number of likely N-dealkylation sites (tertiary alicyclic amines) is 1. The van der Waals surface area contributed by atoms with Gasteiger partial charge in [0, 0.05) is 39.2 Å². The van der Waals surface area contributed by atoms with Gasteiger partial charge in [-0.15, -0.1) is 0 Å². The molecule has 11 nitrogen and oxygen atoms in total. The molecular formula is C22H28N6O5S. The lowest BCUT2D eigenvalue weighted by molar-refractivity contribution is -0.141. The fourth-order valence-electron chi connectivity index (χ4n) is 4.29. The van der Waals surface area contributed by atoms with E-state index in [2.05, 4.69) is 26.2 Å². The van der Waals surface area contributed by atoms with Gasteiger partial charge >= 0.3 is 0 Å². The maximum atomic E-state index is 13.0. The summed E-state index contributed by atoms with van der Waals surface area (Å²) in [6.07, 6.45) is 4.38. The number of carbonyl (C=O) groups is 1. The molecule has 0 bridgehead atoms. The lowest BCUT2D eigenvalue weighted by atomic mass is 10.0. The van der Waals surface area contributed by atoms with Gasteiger partial charge < -0.3 is 24.0 Å². The molecule has 0 aliphatic carbocycles. The van der Waals surface area contributed by atoms with Crippen LogP contribution < -0.4 is 15.2 Å². The van der Waals surface area contributed by atoms with Gasteiger partial charge in [0.05, 0.1) is 31.2 Å². The van der Waals surface area contributed by atoms with Crippen LogP contribution in [-0.4, -0.2) is 84.2 Å². The Bertz CT molecular complexity index is 1090. The molecule has 2 aromatic heterocycles. The highest BCUT2D eigenvalue weighted by Crippen LogP contribution is 2.29. The summed E-state index contributed by atoms with van der Waals surface area (Å²) in [5.41, 5.74) is 0.106. The maximum Gasteiger partial charge on any atom is 0.270 e. The summed E-state index contributed by atoms with van der Waals surface area (Å²) < 4.78 is 17.1. The summed E-state index contributed by atoms with van der Waals surface area (Å²) in [4.78, 5) is 33.8. The number of nitriles is 1. The summed E-state index contributed by atoms with van der Waals surface area (Å²) in [5, 5.41) is 16.0. The van der Waals surface area contributed by atoms with Gasteiger partial charge in [0.1, 0.15) is 28.9 Å². The average Bonchev–Trinajstić information content (AvgIpc) is 3.47. The normalized spacial score (nSPS) is 19.9. The molecule has 34 heavy (non-hydrogen) atoms. The van der Waals surface area contributed by atoms with E-state index >= 15 is 0 Å². The molecule has 2 aromatic rings. The molecule has 4 heterocycles. The summed E-state index contributed by atoms with van der Waals surface area (Å²) in [5.74, 6) is 0.368. The number of piperidine rings is 1. The Labute approximate surface area is 201 Å². The smallest absolute Gasteiger partial charge is 0.270 e. The fraction of sp³-hybridized carbons (Fsp3) is 0.591. The van der Waals surface area contributed by atoms with E-state index in [4.69, 9.17) is 19.5 Å². The van der Waals surface area contributed by atoms with Crippen molar-refractivity contribution in [3.63, 3.8) is 0 Å². The molecule has 0 radical (unpaired) electrons. The number of amides is 1. The van der Waals surface area contributed by atoms with Gasteiger partial charge in [-0.3, -0.25) is 9.59 Å². The first kappa shape index (κ1) is 24.1. The minimum absolute atomic E-state index is 0.00429. The lowest BCUT2D eigenvalue weighted by Gasteiger charge is -2.36. The zero-order valence-corrected chi connectivity index (χ0v) is 20.0. The van der Waals surface area contributed by atoms with Crippen molar-refractivity contribution in [1.82, 2.24) is 20.1 Å². The number of ether oxygens (including phenoxy) is 3. The largest absolute Gasteiger partial charge is 0.483 e. The molecule has 2 fully saturated rings. The van der Waals surface area contributed by atoms with Crippen molar-refractivity contribution in [2.24, 2.45) is 0 Å². The zero-order chi connectivity index (χ0) is 24.1. The maximum absolute atomic E-state index is 13.0. The van der Waals surface area contributed by atoms with Crippen LogP contribution in [-0.2, 0) is 14.3 Å². The van der Waals surface area contributed by atoms with Crippen LogP contribution in [0, 0.1) is 18.3 Å². The summed E-state index contributed by atoms with van der Waals surface area (Å²) in [6, 6.07) is 2.29. The molecule has 1 N–H and O–H groups in total. The Balaban J connectivity index is 1.28. The second kappa shape index (κ2) is 10.9. The highest BCUT2D eigenvalue weighted by Gasteiger charge is 2.38. The van der Waals surface area contributed by atoms with Crippen molar-refractivity contribution < 1.29 is 19.0 Å². The zero-order valence-electron chi connectivity index (χ0n) is 19.2. The Morgan fingerprint density at radius 2 is 2.03 bits per heavy atom. The van der Waals surface area contributed by atoms with Crippen molar-refractivity contribution in [1.29, 1.82) is 5.26 Å². The van der Waals surface area contributed by atoms with Gasteiger partial charge in [0.2, 0.25) is 0 Å². The van der Waals surface area contributed by atoms with E-state index in [1.165, 1.54) is 17.5 Å². The van der Waals surface area contributed by atoms with Gasteiger partial charge in [0.25, 0.3) is 11.5 Å². The van der Waals surface area contributed by atoms with Crippen molar-refractivity contribution in [3.8, 4) is 11.8 Å². The number of aromatic amines is 1. The van der Waals surface area contributed by atoms with Crippen LogP contribution in [0.5, 0.6) is 5.75 Å². The minimum atomic E-state index is -0.517. The van der Waals surface area contributed by atoms with Crippen LogP contribution in [0.1, 0.15) is 29.7 Å². The first-order valence-electron chi connectivity index (χ1n) is 11.2. The monoisotopic (exact) mass is 488 g/mol. The highest BCUT2D eigenvalue weighted by molar-refractivity contribution is 7.16. The van der Waals surface area contributed by atoms with Gasteiger partial charge in [-0.2, -0.15) is 10.4 Å². The number of aromatic nitrogens is 3. The predicted molar refractivity (Wildman–Crippen MR) is 124 cm³/mol. The molecule has 2 aliphatic rings. The number of nitrogens with one attached hydrogen (secondary N) is 1. The minimum Gasteiger partial charge on any atom is -0.483 e. The van der Waals surface area contributed by atoms with Crippen molar-refractivity contribution in [2.45, 2.75) is 44.4 Å². The first-order valence-corrected chi connectivity index (χ1v) is 12.0. The van der Waals surface area contributed by atoms with E-state index < -0.39 is 12.2 Å². The summed E-state index contributed by atoms with van der Waals surface area (Å²) in [6.45, 7) is 4.32.